The van der Waals surface area contributed by atoms with Crippen LogP contribution in [0.5, 0.6) is 0 Å². The van der Waals surface area contributed by atoms with Crippen LogP contribution >= 0.6 is 0 Å². The number of rotatable bonds is 6. The number of carbonyl (C=O) groups excluding carboxylic acids is 1. The van der Waals surface area contributed by atoms with Gasteiger partial charge in [-0.2, -0.15) is 10.1 Å². The second kappa shape index (κ2) is 6.86. The molecule has 0 saturated carbocycles. The average molecular weight is 323 g/mol. The van der Waals surface area contributed by atoms with E-state index in [0.29, 0.717) is 12.2 Å². The third-order valence-corrected chi connectivity index (χ3v) is 3.48. The molecule has 2 aromatic heterocycles. The van der Waals surface area contributed by atoms with Gasteiger partial charge in [0.2, 0.25) is 11.9 Å². The van der Waals surface area contributed by atoms with Crippen molar-refractivity contribution in [1.29, 1.82) is 0 Å². The topological polar surface area (TPSA) is 119 Å². The zero-order chi connectivity index (χ0) is 16.9. The summed E-state index contributed by atoms with van der Waals surface area (Å²) in [5.74, 6) is 0.265. The van der Waals surface area contributed by atoms with Crippen LogP contribution in [0, 0.1) is 0 Å². The zero-order valence-electron chi connectivity index (χ0n) is 13.1. The first-order chi connectivity index (χ1) is 11.7. The molecule has 1 amide bonds. The van der Waals surface area contributed by atoms with Crippen LogP contribution < -0.4 is 16.4 Å². The Bertz CT molecular complexity index is 868. The van der Waals surface area contributed by atoms with Crippen LogP contribution in [-0.2, 0) is 4.79 Å². The second-order valence-electron chi connectivity index (χ2n) is 5.21. The highest BCUT2D eigenvalue weighted by molar-refractivity contribution is 5.83. The Morgan fingerprint density at radius 1 is 1.29 bits per heavy atom. The van der Waals surface area contributed by atoms with Crippen molar-refractivity contribution in [2.75, 3.05) is 10.6 Å². The molecule has 122 valence electrons. The summed E-state index contributed by atoms with van der Waals surface area (Å²) in [4.78, 5) is 20.0. The van der Waals surface area contributed by atoms with Crippen molar-refractivity contribution in [3.05, 3.63) is 42.7 Å². The Morgan fingerprint density at radius 3 is 2.92 bits per heavy atom. The highest BCUT2D eigenvalue weighted by Crippen LogP contribution is 2.19. The van der Waals surface area contributed by atoms with Gasteiger partial charge in [0.1, 0.15) is 6.04 Å². The molecule has 8 nitrogen and oxygen atoms in total. The van der Waals surface area contributed by atoms with E-state index in [1.807, 2.05) is 37.3 Å². The first-order valence-electron chi connectivity index (χ1n) is 7.53. The summed E-state index contributed by atoms with van der Waals surface area (Å²) in [6.07, 6.45) is 3.74. The van der Waals surface area contributed by atoms with E-state index in [2.05, 4.69) is 30.8 Å². The molecule has 24 heavy (non-hydrogen) atoms. The number of primary amides is 1. The van der Waals surface area contributed by atoms with Crippen LogP contribution in [0.15, 0.2) is 42.7 Å². The van der Waals surface area contributed by atoms with Crippen LogP contribution in [0.1, 0.15) is 13.3 Å². The normalized spacial score (nSPS) is 11.9. The van der Waals surface area contributed by atoms with Crippen molar-refractivity contribution in [3.63, 3.8) is 0 Å². The molecule has 0 saturated heterocycles. The Kier molecular flexibility index (Phi) is 4.46. The SMILES string of the molecule is CC[C@@H](Nc1nncc(Nc2cnc3ccccc3c2)n1)C(N)=O. The van der Waals surface area contributed by atoms with Crippen molar-refractivity contribution in [2.24, 2.45) is 5.73 Å². The minimum Gasteiger partial charge on any atom is -0.368 e. The molecule has 1 atom stereocenters. The fraction of sp³-hybridized carbons (Fsp3) is 0.188. The number of benzene rings is 1. The van der Waals surface area contributed by atoms with Crippen LogP contribution in [0.2, 0.25) is 0 Å². The molecule has 0 bridgehead atoms. The number of anilines is 3. The molecule has 0 aliphatic heterocycles. The lowest BCUT2D eigenvalue weighted by atomic mass is 10.2. The van der Waals surface area contributed by atoms with E-state index in [1.54, 1.807) is 6.20 Å². The molecule has 0 aliphatic carbocycles. The van der Waals surface area contributed by atoms with Gasteiger partial charge in [0.25, 0.3) is 0 Å². The lowest BCUT2D eigenvalue weighted by molar-refractivity contribution is -0.118. The Labute approximate surface area is 138 Å². The largest absolute Gasteiger partial charge is 0.368 e. The van der Waals surface area contributed by atoms with E-state index in [0.717, 1.165) is 16.6 Å². The summed E-state index contributed by atoms with van der Waals surface area (Å²) in [6.45, 7) is 1.85. The second-order valence-corrected chi connectivity index (χ2v) is 5.21. The Balaban J connectivity index is 1.79. The molecule has 2 heterocycles. The number of amides is 1. The predicted octanol–water partition coefficient (Wildman–Crippen LogP) is 1.84. The number of nitrogens with two attached hydrogens (primary N) is 1. The van der Waals surface area contributed by atoms with Crippen LogP contribution in [0.3, 0.4) is 0 Å². The average Bonchev–Trinajstić information content (AvgIpc) is 2.59. The van der Waals surface area contributed by atoms with Gasteiger partial charge in [0.05, 0.1) is 23.6 Å². The first kappa shape index (κ1) is 15.6. The number of para-hydroxylation sites is 1. The van der Waals surface area contributed by atoms with Gasteiger partial charge >= 0.3 is 0 Å². The van der Waals surface area contributed by atoms with Gasteiger partial charge in [-0.05, 0) is 18.6 Å². The third kappa shape index (κ3) is 3.54. The summed E-state index contributed by atoms with van der Waals surface area (Å²) in [6, 6.07) is 9.26. The number of hydrogen-bond acceptors (Lipinski definition) is 7. The van der Waals surface area contributed by atoms with E-state index in [9.17, 15) is 4.79 Å². The van der Waals surface area contributed by atoms with Crippen LogP contribution in [0.4, 0.5) is 17.5 Å². The maximum absolute atomic E-state index is 11.3. The highest BCUT2D eigenvalue weighted by atomic mass is 16.1. The van der Waals surface area contributed by atoms with Gasteiger partial charge in [-0.1, -0.05) is 25.1 Å². The summed E-state index contributed by atoms with van der Waals surface area (Å²) < 4.78 is 0. The van der Waals surface area contributed by atoms with Crippen molar-refractivity contribution >= 4 is 34.3 Å². The third-order valence-electron chi connectivity index (χ3n) is 3.48. The lowest BCUT2D eigenvalue weighted by Gasteiger charge is -2.13. The summed E-state index contributed by atoms with van der Waals surface area (Å²) in [5.41, 5.74) is 7.00. The number of nitrogens with one attached hydrogen (secondary N) is 2. The van der Waals surface area contributed by atoms with Gasteiger partial charge in [0.15, 0.2) is 5.82 Å². The molecule has 1 aromatic carbocycles. The van der Waals surface area contributed by atoms with Gasteiger partial charge in [0, 0.05) is 5.39 Å². The van der Waals surface area contributed by atoms with Gasteiger partial charge in [-0.25, -0.2) is 0 Å². The number of aromatic nitrogens is 4. The molecule has 0 aliphatic rings. The van der Waals surface area contributed by atoms with Crippen molar-refractivity contribution in [1.82, 2.24) is 20.2 Å². The molecule has 0 spiro atoms. The smallest absolute Gasteiger partial charge is 0.245 e. The van der Waals surface area contributed by atoms with Gasteiger partial charge in [-0.15, -0.1) is 5.10 Å². The van der Waals surface area contributed by atoms with Gasteiger partial charge < -0.3 is 16.4 Å². The molecule has 8 heteroatoms. The Morgan fingerprint density at radius 2 is 2.12 bits per heavy atom. The predicted molar refractivity (Wildman–Crippen MR) is 91.7 cm³/mol. The number of carbonyl (C=O) groups is 1. The number of fused-ring (bicyclic) bond motifs is 1. The Hall–Kier alpha value is -3.29. The fourth-order valence-electron chi connectivity index (χ4n) is 2.24. The molecular formula is C16H17N7O. The van der Waals surface area contributed by atoms with Crippen molar-refractivity contribution in [2.45, 2.75) is 19.4 Å². The van der Waals surface area contributed by atoms with Crippen molar-refractivity contribution < 1.29 is 4.79 Å². The zero-order valence-corrected chi connectivity index (χ0v) is 13.1. The highest BCUT2D eigenvalue weighted by Gasteiger charge is 2.14. The lowest BCUT2D eigenvalue weighted by Crippen LogP contribution is -2.35. The van der Waals surface area contributed by atoms with E-state index >= 15 is 0 Å². The van der Waals surface area contributed by atoms with E-state index in [1.165, 1.54) is 6.20 Å². The molecule has 4 N–H and O–H groups in total. The number of hydrogen-bond donors (Lipinski definition) is 3. The standard InChI is InChI=1S/C16H17N7O/c1-2-12(15(17)24)21-16-22-14(9-19-23-16)20-11-7-10-5-3-4-6-13(10)18-8-11/h3-9,12H,2H2,1H3,(H2,17,24)(H2,20,21,22,23)/t12-/m1/s1. The minimum absolute atomic E-state index is 0.236. The fourth-order valence-corrected chi connectivity index (χ4v) is 2.24. The molecule has 0 fully saturated rings. The van der Waals surface area contributed by atoms with E-state index in [-0.39, 0.29) is 5.95 Å². The van der Waals surface area contributed by atoms with Crippen LogP contribution in [-0.4, -0.2) is 32.1 Å². The van der Waals surface area contributed by atoms with Crippen LogP contribution in [0.25, 0.3) is 10.9 Å². The van der Waals surface area contributed by atoms with E-state index in [4.69, 9.17) is 5.73 Å². The molecule has 0 radical (unpaired) electrons. The monoisotopic (exact) mass is 323 g/mol. The van der Waals surface area contributed by atoms with Gasteiger partial charge in [-0.3, -0.25) is 9.78 Å². The quantitative estimate of drug-likeness (QED) is 0.633. The molecule has 3 rings (SSSR count). The number of nitrogens with zero attached hydrogens (tertiary/aromatic N) is 4. The summed E-state index contributed by atoms with van der Waals surface area (Å²) in [7, 11) is 0. The maximum atomic E-state index is 11.3. The molecule has 0 unspecified atom stereocenters. The molecule has 3 aromatic rings. The number of pyridine rings is 1. The minimum atomic E-state index is -0.538. The van der Waals surface area contributed by atoms with E-state index < -0.39 is 11.9 Å². The summed E-state index contributed by atoms with van der Waals surface area (Å²) in [5, 5.41) is 14.8. The summed E-state index contributed by atoms with van der Waals surface area (Å²) >= 11 is 0. The maximum Gasteiger partial charge on any atom is 0.245 e. The van der Waals surface area contributed by atoms with Crippen molar-refractivity contribution in [3.8, 4) is 0 Å². The first-order valence-corrected chi connectivity index (χ1v) is 7.53. The molecular weight excluding hydrogens is 306 g/mol.